The highest BCUT2D eigenvalue weighted by Gasteiger charge is 2.76. The molecule has 3 heterocycles. The van der Waals surface area contributed by atoms with Crippen LogP contribution in [0.5, 0.6) is 0 Å². The maximum absolute atomic E-state index is 14.2. The molecule has 184 valence electrons. The molecule has 2 amide bonds. The molecule has 0 aromatic rings. The van der Waals surface area contributed by atoms with Crippen LogP contribution in [0.4, 0.5) is 0 Å². The molecule has 4 aliphatic rings. The number of nitrogens with zero attached hydrogens (tertiary/aromatic N) is 2. The lowest BCUT2D eigenvalue weighted by Crippen LogP contribution is -2.58. The number of ether oxygens (including phenoxy) is 1. The average Bonchev–Trinajstić information content (AvgIpc) is 3.39. The molecule has 1 spiro atoms. The van der Waals surface area contributed by atoms with Crippen molar-refractivity contribution < 1.29 is 29.3 Å². The fraction of sp³-hybridized carbons (Fsp3) is 0.792. The quantitative estimate of drug-likeness (QED) is 0.257. The molecule has 3 saturated heterocycles. The van der Waals surface area contributed by atoms with Gasteiger partial charge in [-0.1, -0.05) is 41.3 Å². The van der Waals surface area contributed by atoms with E-state index >= 15 is 0 Å². The van der Waals surface area contributed by atoms with E-state index in [0.717, 1.165) is 38.5 Å². The van der Waals surface area contributed by atoms with Gasteiger partial charge in [-0.2, -0.15) is 0 Å². The molecule has 33 heavy (non-hydrogen) atoms. The predicted octanol–water partition coefficient (Wildman–Crippen LogP) is 2.33. The molecule has 9 heteroatoms. The Bertz CT molecular complexity index is 787. The maximum Gasteiger partial charge on any atom is 0.310 e. The van der Waals surface area contributed by atoms with Gasteiger partial charge in [0, 0.05) is 30.6 Å². The van der Waals surface area contributed by atoms with E-state index in [4.69, 9.17) is 9.84 Å². The van der Waals surface area contributed by atoms with Crippen molar-refractivity contribution in [3.8, 4) is 0 Å². The number of fused-ring (bicyclic) bond motifs is 1. The number of aliphatic hydroxyl groups excluding tert-OH is 1. The van der Waals surface area contributed by atoms with Crippen molar-refractivity contribution in [1.29, 1.82) is 0 Å². The number of unbranched alkanes of at least 4 members (excludes halogenated alkanes) is 2. The number of likely N-dealkylation sites (tertiary alicyclic amines) is 1. The Morgan fingerprint density at radius 3 is 2.61 bits per heavy atom. The second-order valence-corrected chi connectivity index (χ2v) is 11.1. The lowest BCUT2D eigenvalue weighted by Gasteiger charge is -2.41. The highest BCUT2D eigenvalue weighted by atomic mass is 79.9. The number of carboxylic acids is 1. The summed E-state index contributed by atoms with van der Waals surface area (Å²) < 4.78 is 6.34. The van der Waals surface area contributed by atoms with E-state index in [1.807, 2.05) is 4.90 Å². The minimum absolute atomic E-state index is 0.0782. The minimum Gasteiger partial charge on any atom is -0.481 e. The summed E-state index contributed by atoms with van der Waals surface area (Å²) in [6.45, 7) is 4.69. The van der Waals surface area contributed by atoms with Crippen LogP contribution in [-0.4, -0.2) is 86.1 Å². The highest BCUT2D eigenvalue weighted by Crippen LogP contribution is 2.60. The predicted molar refractivity (Wildman–Crippen MR) is 125 cm³/mol. The number of carboxylic acid groups (broad SMARTS) is 1. The molecule has 4 rings (SSSR count). The summed E-state index contributed by atoms with van der Waals surface area (Å²) in [4.78, 5) is 43.3. The van der Waals surface area contributed by atoms with Crippen LogP contribution in [0.15, 0.2) is 12.7 Å². The van der Waals surface area contributed by atoms with E-state index in [2.05, 4.69) is 22.5 Å². The molecule has 0 aromatic heterocycles. The van der Waals surface area contributed by atoms with E-state index in [0.29, 0.717) is 32.4 Å². The summed E-state index contributed by atoms with van der Waals surface area (Å²) >= 11 is 3.58. The van der Waals surface area contributed by atoms with Gasteiger partial charge in [-0.25, -0.2) is 0 Å². The Balaban J connectivity index is 1.69. The number of hydrogen-bond acceptors (Lipinski definition) is 5. The van der Waals surface area contributed by atoms with Crippen LogP contribution in [0.1, 0.15) is 57.8 Å². The second-order valence-electron chi connectivity index (χ2n) is 9.89. The number of hydrogen-bond donors (Lipinski definition) is 2. The number of halogens is 1. The van der Waals surface area contributed by atoms with Gasteiger partial charge in [-0.05, 0) is 38.5 Å². The number of carbonyl (C=O) groups is 3. The standard InChI is InChI=1S/C24H35BrN2O6/c1-2-11-26(15-9-5-3-6-10-15)22(30)20-24-14-16(25)19(33-24)17(23(31)32)18(24)21(29)27(20)12-7-4-8-13-28/h2,15-20,28H,1,3-14H2,(H,31,32)/t16?,17-,18+,19-,20?,24?/m1/s1. The number of carbonyl (C=O) groups excluding carboxylic acids is 2. The monoisotopic (exact) mass is 526 g/mol. The lowest BCUT2D eigenvalue weighted by molar-refractivity contribution is -0.151. The van der Waals surface area contributed by atoms with Gasteiger partial charge in [0.15, 0.2) is 0 Å². The van der Waals surface area contributed by atoms with Crippen LogP contribution >= 0.6 is 15.9 Å². The molecule has 0 aromatic carbocycles. The van der Waals surface area contributed by atoms with Gasteiger partial charge in [-0.15, -0.1) is 6.58 Å². The van der Waals surface area contributed by atoms with Crippen molar-refractivity contribution in [2.75, 3.05) is 19.7 Å². The SMILES string of the molecule is C=CCN(C(=O)C1N(CCCCCO)C(=O)[C@@H]2[C@@H](C(=O)O)[C@@H]3OC12CC3Br)C1CCCCC1. The van der Waals surface area contributed by atoms with Gasteiger partial charge < -0.3 is 24.7 Å². The Kier molecular flexibility index (Phi) is 7.50. The lowest BCUT2D eigenvalue weighted by atomic mass is 9.70. The highest BCUT2D eigenvalue weighted by molar-refractivity contribution is 9.09. The number of amides is 2. The summed E-state index contributed by atoms with van der Waals surface area (Å²) in [7, 11) is 0. The smallest absolute Gasteiger partial charge is 0.310 e. The molecule has 8 nitrogen and oxygen atoms in total. The number of aliphatic carboxylic acids is 1. The fourth-order valence-corrected chi connectivity index (χ4v) is 7.55. The third-order valence-electron chi connectivity index (χ3n) is 7.99. The molecule has 3 aliphatic heterocycles. The maximum atomic E-state index is 14.2. The van der Waals surface area contributed by atoms with Gasteiger partial charge in [-0.3, -0.25) is 14.4 Å². The molecule has 6 atom stereocenters. The molecule has 1 aliphatic carbocycles. The van der Waals surface area contributed by atoms with E-state index < -0.39 is 35.6 Å². The number of alkyl halides is 1. The molecule has 4 fully saturated rings. The van der Waals surface area contributed by atoms with Crippen molar-refractivity contribution in [2.24, 2.45) is 11.8 Å². The van der Waals surface area contributed by atoms with Gasteiger partial charge >= 0.3 is 5.97 Å². The van der Waals surface area contributed by atoms with E-state index in [1.165, 1.54) is 0 Å². The van der Waals surface area contributed by atoms with Crippen molar-refractivity contribution in [3.05, 3.63) is 12.7 Å². The minimum atomic E-state index is -1.12. The number of rotatable bonds is 10. The van der Waals surface area contributed by atoms with E-state index in [1.54, 1.807) is 11.0 Å². The molecule has 2 bridgehead atoms. The Hall–Kier alpha value is -1.45. The van der Waals surface area contributed by atoms with Crippen LogP contribution in [0.2, 0.25) is 0 Å². The zero-order valence-electron chi connectivity index (χ0n) is 19.0. The molecule has 0 radical (unpaired) electrons. The van der Waals surface area contributed by atoms with Crippen molar-refractivity contribution in [3.63, 3.8) is 0 Å². The van der Waals surface area contributed by atoms with Crippen molar-refractivity contribution in [1.82, 2.24) is 9.80 Å². The number of aliphatic hydroxyl groups is 1. The molecular weight excluding hydrogens is 492 g/mol. The molecule has 2 N–H and O–H groups in total. The van der Waals surface area contributed by atoms with Gasteiger partial charge in [0.25, 0.3) is 0 Å². The largest absolute Gasteiger partial charge is 0.481 e. The summed E-state index contributed by atoms with van der Waals surface area (Å²) in [6.07, 6.45) is 8.68. The first-order valence-corrected chi connectivity index (χ1v) is 13.2. The zero-order valence-corrected chi connectivity index (χ0v) is 20.6. The Morgan fingerprint density at radius 1 is 1.24 bits per heavy atom. The summed E-state index contributed by atoms with van der Waals surface area (Å²) in [5, 5.41) is 19.1. The first kappa shape index (κ1) is 24.7. The Labute approximate surface area is 203 Å². The van der Waals surface area contributed by atoms with Crippen LogP contribution < -0.4 is 0 Å². The van der Waals surface area contributed by atoms with Crippen LogP contribution in [0.3, 0.4) is 0 Å². The van der Waals surface area contributed by atoms with Crippen LogP contribution in [0, 0.1) is 11.8 Å². The van der Waals surface area contributed by atoms with Crippen molar-refractivity contribution in [2.45, 2.75) is 86.4 Å². The second kappa shape index (κ2) is 10.0. The fourth-order valence-electron chi connectivity index (χ4n) is 6.61. The molecule has 1 saturated carbocycles. The van der Waals surface area contributed by atoms with Gasteiger partial charge in [0.1, 0.15) is 11.6 Å². The zero-order chi connectivity index (χ0) is 23.8. The van der Waals surface area contributed by atoms with Crippen molar-refractivity contribution >= 4 is 33.7 Å². The third-order valence-corrected chi connectivity index (χ3v) is 8.83. The third kappa shape index (κ3) is 4.14. The average molecular weight is 527 g/mol. The van der Waals surface area contributed by atoms with Crippen LogP contribution in [-0.2, 0) is 19.1 Å². The normalized spacial score (nSPS) is 35.6. The van der Waals surface area contributed by atoms with Gasteiger partial charge in [0.2, 0.25) is 11.8 Å². The van der Waals surface area contributed by atoms with E-state index in [9.17, 15) is 19.5 Å². The van der Waals surface area contributed by atoms with E-state index in [-0.39, 0.29) is 29.3 Å². The summed E-state index contributed by atoms with van der Waals surface area (Å²) in [5.41, 5.74) is -1.12. The summed E-state index contributed by atoms with van der Waals surface area (Å²) in [6, 6.07) is -0.736. The Morgan fingerprint density at radius 2 is 1.97 bits per heavy atom. The first-order valence-electron chi connectivity index (χ1n) is 12.2. The topological polar surface area (TPSA) is 107 Å². The van der Waals surface area contributed by atoms with Crippen LogP contribution in [0.25, 0.3) is 0 Å². The van der Waals surface area contributed by atoms with Gasteiger partial charge in [0.05, 0.1) is 17.9 Å². The molecular formula is C24H35BrN2O6. The summed E-state index contributed by atoms with van der Waals surface area (Å²) in [5.74, 6) is -3.29. The first-order chi connectivity index (χ1) is 15.9. The molecule has 3 unspecified atom stereocenters.